The van der Waals surface area contributed by atoms with Gasteiger partial charge in [-0.05, 0) is 64.3 Å². The molecule has 1 amide bonds. The highest BCUT2D eigenvalue weighted by molar-refractivity contribution is 7.96. The maximum atomic E-state index is 15.1. The summed E-state index contributed by atoms with van der Waals surface area (Å²) in [5, 5.41) is 1.97. The largest absolute Gasteiger partial charge is 0.386 e. The van der Waals surface area contributed by atoms with Crippen molar-refractivity contribution in [1.29, 1.82) is 0 Å². The summed E-state index contributed by atoms with van der Waals surface area (Å²) in [6.07, 6.45) is 2.16. The number of aromatic nitrogens is 2. The fourth-order valence-electron chi connectivity index (χ4n) is 4.47. The lowest BCUT2D eigenvalue weighted by molar-refractivity contribution is 0.102. The predicted molar refractivity (Wildman–Crippen MR) is 123 cm³/mol. The molecule has 33 heavy (non-hydrogen) atoms. The van der Waals surface area contributed by atoms with Crippen molar-refractivity contribution in [3.8, 4) is 0 Å². The van der Waals surface area contributed by atoms with Gasteiger partial charge in [0, 0.05) is 6.54 Å². The summed E-state index contributed by atoms with van der Waals surface area (Å²) >= 11 is 0. The lowest BCUT2D eigenvalue weighted by atomic mass is 9.89. The van der Waals surface area contributed by atoms with Crippen molar-refractivity contribution >= 4 is 27.3 Å². The summed E-state index contributed by atoms with van der Waals surface area (Å²) in [6, 6.07) is 3.67. The Morgan fingerprint density at radius 2 is 2.00 bits per heavy atom. The Labute approximate surface area is 191 Å². The van der Waals surface area contributed by atoms with Gasteiger partial charge in [0.25, 0.3) is 5.91 Å². The van der Waals surface area contributed by atoms with Crippen LogP contribution in [0.1, 0.15) is 55.4 Å². The van der Waals surface area contributed by atoms with Gasteiger partial charge in [-0.25, -0.2) is 27.3 Å². The molecule has 4 rings (SSSR count). The summed E-state index contributed by atoms with van der Waals surface area (Å²) in [4.78, 5) is 25.5. The van der Waals surface area contributed by atoms with E-state index in [1.807, 2.05) is 0 Å². The van der Waals surface area contributed by atoms with Crippen LogP contribution in [0, 0.1) is 18.6 Å². The first-order valence-electron chi connectivity index (χ1n) is 10.6. The molecule has 0 bridgehead atoms. The van der Waals surface area contributed by atoms with Crippen LogP contribution in [0.15, 0.2) is 33.8 Å². The van der Waals surface area contributed by atoms with E-state index in [-0.39, 0.29) is 23.0 Å². The van der Waals surface area contributed by atoms with Gasteiger partial charge in [-0.15, -0.1) is 0 Å². The van der Waals surface area contributed by atoms with E-state index in [1.54, 1.807) is 27.7 Å². The molecule has 0 aromatic carbocycles. The standard InChI is InChI=1S/C22H26F2N6O2S/c1-12-10-13(23)11-26-17(12)19(31)29-16-8-7-14(24)18(28-16)22(4)15-6-5-9-27-33(15,32)21(2,3)20(25)30-22/h7-8,10-11,15H,5-6,9H2,1-4H3,(H2,25,30)(H,28,29,31)/t15-,22-,33-/m0/s1. The van der Waals surface area contributed by atoms with Crippen molar-refractivity contribution in [2.75, 3.05) is 11.9 Å². The highest BCUT2D eigenvalue weighted by Crippen LogP contribution is 2.46. The van der Waals surface area contributed by atoms with Crippen LogP contribution >= 0.6 is 0 Å². The second kappa shape index (κ2) is 7.82. The molecule has 2 aromatic heterocycles. The molecule has 2 aliphatic heterocycles. The molecule has 0 radical (unpaired) electrons. The first-order valence-corrected chi connectivity index (χ1v) is 12.2. The molecule has 2 aromatic rings. The van der Waals surface area contributed by atoms with E-state index < -0.39 is 42.8 Å². The quantitative estimate of drug-likeness (QED) is 0.704. The van der Waals surface area contributed by atoms with Crippen molar-refractivity contribution in [3.63, 3.8) is 0 Å². The number of rotatable bonds is 3. The number of nitrogens with two attached hydrogens (primary N) is 1. The number of hydrogen-bond donors (Lipinski definition) is 2. The van der Waals surface area contributed by atoms with E-state index in [0.717, 1.165) is 6.20 Å². The van der Waals surface area contributed by atoms with Gasteiger partial charge < -0.3 is 11.1 Å². The molecule has 4 heterocycles. The number of carbonyl (C=O) groups is 1. The smallest absolute Gasteiger partial charge is 0.275 e. The number of anilines is 1. The van der Waals surface area contributed by atoms with Crippen LogP contribution in [-0.2, 0) is 15.3 Å². The predicted octanol–water partition coefficient (Wildman–Crippen LogP) is 3.31. The lowest BCUT2D eigenvalue weighted by Crippen LogP contribution is -2.60. The molecule has 0 fully saturated rings. The molecule has 176 valence electrons. The van der Waals surface area contributed by atoms with Crippen molar-refractivity contribution < 1.29 is 17.8 Å². The Morgan fingerprint density at radius 1 is 1.27 bits per heavy atom. The molecule has 0 saturated carbocycles. The fraction of sp³-hybridized carbons (Fsp3) is 0.455. The van der Waals surface area contributed by atoms with Crippen LogP contribution in [0.3, 0.4) is 0 Å². The Balaban J connectivity index is 1.78. The van der Waals surface area contributed by atoms with Gasteiger partial charge in [0.1, 0.15) is 45.0 Å². The molecule has 0 saturated heterocycles. The minimum absolute atomic E-state index is 0.0195. The number of aryl methyl sites for hydroxylation is 1. The van der Waals surface area contributed by atoms with Crippen molar-refractivity contribution in [1.82, 2.24) is 9.97 Å². The summed E-state index contributed by atoms with van der Waals surface area (Å²) in [6.45, 7) is 7.14. The van der Waals surface area contributed by atoms with Crippen LogP contribution in [0.4, 0.5) is 14.6 Å². The molecule has 0 unspecified atom stereocenters. The van der Waals surface area contributed by atoms with Gasteiger partial charge >= 0.3 is 0 Å². The zero-order valence-electron chi connectivity index (χ0n) is 18.9. The van der Waals surface area contributed by atoms with Gasteiger partial charge in [-0.3, -0.25) is 9.79 Å². The van der Waals surface area contributed by atoms with Crippen molar-refractivity contribution in [2.24, 2.45) is 15.1 Å². The van der Waals surface area contributed by atoms with E-state index in [1.165, 1.54) is 18.2 Å². The van der Waals surface area contributed by atoms with E-state index in [2.05, 4.69) is 24.6 Å². The summed E-state index contributed by atoms with van der Waals surface area (Å²) < 4.78 is 46.0. The Morgan fingerprint density at radius 3 is 2.70 bits per heavy atom. The fourth-order valence-corrected chi connectivity index (χ4v) is 7.70. The Kier molecular flexibility index (Phi) is 5.50. The monoisotopic (exact) mass is 476 g/mol. The average Bonchev–Trinajstić information content (AvgIpc) is 2.74. The summed E-state index contributed by atoms with van der Waals surface area (Å²) in [5.41, 5.74) is 5.20. The number of fused-ring (bicyclic) bond motifs is 1. The van der Waals surface area contributed by atoms with E-state index in [4.69, 9.17) is 5.73 Å². The first-order chi connectivity index (χ1) is 15.4. The minimum atomic E-state index is -2.89. The Hall–Kier alpha value is -2.95. The number of pyridine rings is 2. The number of carbonyl (C=O) groups excluding carboxylic acids is 1. The third-order valence-electron chi connectivity index (χ3n) is 6.45. The maximum absolute atomic E-state index is 15.1. The number of hydrogen-bond acceptors (Lipinski definition) is 7. The topological polar surface area (TPSA) is 123 Å². The van der Waals surface area contributed by atoms with E-state index >= 15 is 4.39 Å². The second-order valence-corrected chi connectivity index (χ2v) is 12.0. The zero-order valence-corrected chi connectivity index (χ0v) is 19.7. The third-order valence-corrected chi connectivity index (χ3v) is 10.2. The van der Waals surface area contributed by atoms with Crippen LogP contribution in [0.5, 0.6) is 0 Å². The van der Waals surface area contributed by atoms with Crippen molar-refractivity contribution in [2.45, 2.75) is 56.1 Å². The molecule has 8 nitrogen and oxygen atoms in total. The van der Waals surface area contributed by atoms with Gasteiger partial charge in [0.05, 0.1) is 21.2 Å². The minimum Gasteiger partial charge on any atom is -0.386 e. The molecule has 11 heteroatoms. The maximum Gasteiger partial charge on any atom is 0.275 e. The van der Waals surface area contributed by atoms with Crippen LogP contribution in [-0.4, -0.2) is 42.5 Å². The van der Waals surface area contributed by atoms with E-state index in [0.29, 0.717) is 24.9 Å². The molecule has 3 N–H and O–H groups in total. The number of nitrogens with zero attached hydrogens (tertiary/aromatic N) is 4. The van der Waals surface area contributed by atoms with Gasteiger partial charge in [-0.1, -0.05) is 0 Å². The molecule has 0 spiro atoms. The highest BCUT2D eigenvalue weighted by atomic mass is 32.2. The van der Waals surface area contributed by atoms with Gasteiger partial charge in [0.2, 0.25) is 0 Å². The van der Waals surface area contributed by atoms with Crippen LogP contribution in [0.25, 0.3) is 0 Å². The number of amidine groups is 1. The summed E-state index contributed by atoms with van der Waals surface area (Å²) in [7, 11) is -2.89. The number of nitrogens with one attached hydrogen (secondary N) is 1. The normalized spacial score (nSPS) is 28.3. The van der Waals surface area contributed by atoms with Gasteiger partial charge in [-0.2, -0.15) is 0 Å². The SMILES string of the molecule is Cc1cc(F)cnc1C(=O)Nc1ccc(F)c([C@@]2(C)N=C(N)C(C)(C)[S@]3(=O)=NCCC[C@@H]23)n1. The molecule has 0 aliphatic carbocycles. The van der Waals surface area contributed by atoms with Crippen LogP contribution < -0.4 is 11.1 Å². The lowest BCUT2D eigenvalue weighted by Gasteiger charge is -2.47. The van der Waals surface area contributed by atoms with E-state index in [9.17, 15) is 13.4 Å². The van der Waals surface area contributed by atoms with Gasteiger partial charge in [0.15, 0.2) is 0 Å². The molecular formula is C22H26F2N6O2S. The van der Waals surface area contributed by atoms with Crippen molar-refractivity contribution in [3.05, 3.63) is 53.0 Å². The Bertz CT molecular complexity index is 1300. The van der Waals surface area contributed by atoms with Crippen LogP contribution in [0.2, 0.25) is 0 Å². The molecular weight excluding hydrogens is 450 g/mol. The summed E-state index contributed by atoms with van der Waals surface area (Å²) in [5.74, 6) is -1.65. The number of amides is 1. The average molecular weight is 477 g/mol. The molecule has 3 atom stereocenters. The second-order valence-electron chi connectivity index (χ2n) is 9.01. The zero-order chi connectivity index (χ0) is 24.2. The number of aliphatic imine (C=N–C) groups is 1. The third kappa shape index (κ3) is 3.58. The highest BCUT2D eigenvalue weighted by Gasteiger charge is 2.56. The first kappa shape index (κ1) is 23.2. The molecule has 2 aliphatic rings. The number of halogens is 2.